The number of nitrogens with zero attached hydrogens (tertiary/aromatic N) is 2. The van der Waals surface area contributed by atoms with E-state index in [1.807, 2.05) is 70.8 Å². The van der Waals surface area contributed by atoms with Gasteiger partial charge in [-0.05, 0) is 66.6 Å². The van der Waals surface area contributed by atoms with Gasteiger partial charge in [0.05, 0.1) is 18.3 Å². The zero-order valence-electron chi connectivity index (χ0n) is 18.8. The maximum Gasteiger partial charge on any atom is 0.318 e. The van der Waals surface area contributed by atoms with E-state index in [1.54, 1.807) is 0 Å². The summed E-state index contributed by atoms with van der Waals surface area (Å²) in [5.74, 6) is 0. The van der Waals surface area contributed by atoms with E-state index < -0.39 is 0 Å². The molecule has 0 bridgehead atoms. The van der Waals surface area contributed by atoms with Gasteiger partial charge in [0.2, 0.25) is 0 Å². The summed E-state index contributed by atoms with van der Waals surface area (Å²) < 4.78 is 2.31. The van der Waals surface area contributed by atoms with Gasteiger partial charge in [0.1, 0.15) is 5.00 Å². The summed E-state index contributed by atoms with van der Waals surface area (Å²) in [7, 11) is 0. The number of thiophene rings is 1. The Balaban J connectivity index is 1.44. The van der Waals surface area contributed by atoms with Crippen LogP contribution >= 0.6 is 22.9 Å². The van der Waals surface area contributed by atoms with Gasteiger partial charge in [-0.1, -0.05) is 54.1 Å². The van der Waals surface area contributed by atoms with Crippen molar-refractivity contribution in [1.29, 1.82) is 0 Å². The first kappa shape index (κ1) is 21.5. The fraction of sp³-hybridized carbons (Fsp3) is 0.250. The lowest BCUT2D eigenvalue weighted by Gasteiger charge is -2.31. The number of benzene rings is 2. The molecule has 2 aromatic carbocycles. The molecule has 0 radical (unpaired) electrons. The molecule has 6 rings (SSSR count). The number of hydrogen-bond donors (Lipinski definition) is 1. The van der Waals surface area contributed by atoms with E-state index in [0.717, 1.165) is 29.7 Å². The lowest BCUT2D eigenvalue weighted by atomic mass is 9.95. The third-order valence-electron chi connectivity index (χ3n) is 6.91. The Kier molecular flexibility index (Phi) is 5.67. The highest BCUT2D eigenvalue weighted by Gasteiger charge is 2.35. The zero-order valence-corrected chi connectivity index (χ0v) is 20.4. The number of hydrogen-bond acceptors (Lipinski definition) is 2. The third-order valence-corrected chi connectivity index (χ3v) is 8.50. The first-order valence-electron chi connectivity index (χ1n) is 11.8. The van der Waals surface area contributed by atoms with Gasteiger partial charge in [0.15, 0.2) is 0 Å². The Labute approximate surface area is 208 Å². The maximum absolute atomic E-state index is 13.8. The quantitative estimate of drug-likeness (QED) is 0.336. The van der Waals surface area contributed by atoms with E-state index in [0.29, 0.717) is 18.1 Å². The number of halogens is 1. The van der Waals surface area contributed by atoms with Gasteiger partial charge in [-0.25, -0.2) is 4.79 Å². The highest BCUT2D eigenvalue weighted by Crippen LogP contribution is 2.44. The van der Waals surface area contributed by atoms with Crippen molar-refractivity contribution in [3.8, 4) is 5.00 Å². The van der Waals surface area contributed by atoms with Crippen molar-refractivity contribution in [1.82, 2.24) is 14.8 Å². The summed E-state index contributed by atoms with van der Waals surface area (Å²) in [6, 6.07) is 21.9. The lowest BCUT2D eigenvalue weighted by Crippen LogP contribution is -2.41. The molecule has 2 amide bonds. The van der Waals surface area contributed by atoms with Crippen LogP contribution in [0.4, 0.5) is 4.79 Å². The molecule has 1 atom stereocenters. The molecule has 34 heavy (non-hydrogen) atoms. The predicted molar refractivity (Wildman–Crippen MR) is 138 cm³/mol. The van der Waals surface area contributed by atoms with Gasteiger partial charge in [-0.15, -0.1) is 11.3 Å². The summed E-state index contributed by atoms with van der Waals surface area (Å²) >= 11 is 8.12. The molecule has 2 aliphatic rings. The fourth-order valence-electron chi connectivity index (χ4n) is 5.26. The monoisotopic (exact) mass is 487 g/mol. The number of nitrogens with one attached hydrogen (secondary N) is 1. The average Bonchev–Trinajstić information content (AvgIpc) is 3.46. The number of rotatable bonds is 3. The molecule has 4 nitrogen and oxygen atoms in total. The average molecular weight is 488 g/mol. The second kappa shape index (κ2) is 8.97. The second-order valence-corrected chi connectivity index (χ2v) is 10.5. The van der Waals surface area contributed by atoms with Crippen molar-refractivity contribution < 1.29 is 4.79 Å². The highest BCUT2D eigenvalue weighted by molar-refractivity contribution is 7.15. The highest BCUT2D eigenvalue weighted by atomic mass is 35.5. The van der Waals surface area contributed by atoms with Gasteiger partial charge >= 0.3 is 6.03 Å². The van der Waals surface area contributed by atoms with Gasteiger partial charge in [0.25, 0.3) is 0 Å². The third kappa shape index (κ3) is 3.83. The van der Waals surface area contributed by atoms with E-state index in [9.17, 15) is 4.79 Å². The van der Waals surface area contributed by atoms with Crippen molar-refractivity contribution >= 4 is 29.0 Å². The zero-order chi connectivity index (χ0) is 23.1. The molecule has 0 spiro atoms. The van der Waals surface area contributed by atoms with Crippen LogP contribution in [0, 0.1) is 0 Å². The van der Waals surface area contributed by atoms with Gasteiger partial charge in [-0.3, -0.25) is 0 Å². The minimum absolute atomic E-state index is 0.0554. The molecule has 4 aromatic rings. The number of aryl methyl sites for hydroxylation is 1. The largest absolute Gasteiger partial charge is 0.334 e. The molecule has 1 aliphatic carbocycles. The standard InChI is InChI=1S/C28H26ClN3OS/c29-21-14-12-20(13-15-21)26-24-10-6-16-31(24)27-23(22-9-4-5-11-25(22)34-27)18-32(26)28(33)30-17-19-7-2-1-3-8-19/h1-3,6-8,10,12-16,26H,4-5,9,11,17-18H2,(H,30,33)/t26-/m0/s1. The molecular weight excluding hydrogens is 462 g/mol. The molecule has 172 valence electrons. The van der Waals surface area contributed by atoms with Crippen LogP contribution in [0.25, 0.3) is 5.00 Å². The summed E-state index contributed by atoms with van der Waals surface area (Å²) in [5.41, 5.74) is 6.02. The van der Waals surface area contributed by atoms with E-state index in [-0.39, 0.29) is 12.1 Å². The van der Waals surface area contributed by atoms with Crippen molar-refractivity contribution in [2.45, 2.75) is 44.8 Å². The van der Waals surface area contributed by atoms with E-state index in [1.165, 1.54) is 33.8 Å². The first-order valence-corrected chi connectivity index (χ1v) is 13.0. The SMILES string of the molecule is O=C(NCc1ccccc1)N1Cc2c(sc3c2CCCC3)-n2cccc2[C@@H]1c1ccc(Cl)cc1. The molecular formula is C28H26ClN3OS. The number of fused-ring (bicyclic) bond motifs is 5. The van der Waals surface area contributed by atoms with Gasteiger partial charge in [0, 0.05) is 28.2 Å². The number of carbonyl (C=O) groups is 1. The predicted octanol–water partition coefficient (Wildman–Crippen LogP) is 6.89. The van der Waals surface area contributed by atoms with Crippen molar-refractivity contribution in [2.24, 2.45) is 0 Å². The fourth-order valence-corrected chi connectivity index (χ4v) is 6.79. The van der Waals surface area contributed by atoms with Crippen LogP contribution in [0.3, 0.4) is 0 Å². The summed E-state index contributed by atoms with van der Waals surface area (Å²) in [6.07, 6.45) is 6.85. The Morgan fingerprint density at radius 1 is 0.971 bits per heavy atom. The second-order valence-electron chi connectivity index (χ2n) is 9.02. The molecule has 3 heterocycles. The molecule has 0 saturated heterocycles. The summed E-state index contributed by atoms with van der Waals surface area (Å²) in [5, 5.41) is 5.15. The number of aromatic nitrogens is 1. The number of urea groups is 1. The Morgan fingerprint density at radius 2 is 1.76 bits per heavy atom. The molecule has 6 heteroatoms. The van der Waals surface area contributed by atoms with E-state index >= 15 is 0 Å². The molecule has 0 fully saturated rings. The molecule has 0 unspecified atom stereocenters. The minimum atomic E-state index is -0.207. The maximum atomic E-state index is 13.8. The molecule has 1 aliphatic heterocycles. The van der Waals surface area contributed by atoms with Crippen molar-refractivity contribution in [2.75, 3.05) is 0 Å². The van der Waals surface area contributed by atoms with Crippen LogP contribution < -0.4 is 5.32 Å². The lowest BCUT2D eigenvalue weighted by molar-refractivity contribution is 0.180. The Morgan fingerprint density at radius 3 is 2.59 bits per heavy atom. The van der Waals surface area contributed by atoms with E-state index in [2.05, 4.69) is 28.2 Å². The van der Waals surface area contributed by atoms with Crippen LogP contribution in [0.2, 0.25) is 5.02 Å². The van der Waals surface area contributed by atoms with E-state index in [4.69, 9.17) is 11.6 Å². The van der Waals surface area contributed by atoms with Crippen LogP contribution in [-0.2, 0) is 25.9 Å². The van der Waals surface area contributed by atoms with Crippen molar-refractivity contribution in [3.63, 3.8) is 0 Å². The molecule has 2 aromatic heterocycles. The van der Waals surface area contributed by atoms with Crippen molar-refractivity contribution in [3.05, 3.63) is 111 Å². The van der Waals surface area contributed by atoms with Gasteiger partial charge in [-0.2, -0.15) is 0 Å². The molecule has 0 saturated carbocycles. The van der Waals surface area contributed by atoms with Gasteiger partial charge < -0.3 is 14.8 Å². The summed E-state index contributed by atoms with van der Waals surface area (Å²) in [4.78, 5) is 17.3. The topological polar surface area (TPSA) is 37.3 Å². The Hall–Kier alpha value is -3.02. The number of amides is 2. The van der Waals surface area contributed by atoms with Crippen LogP contribution in [0.15, 0.2) is 72.9 Å². The Bertz CT molecular complexity index is 1330. The van der Waals surface area contributed by atoms with Crippen LogP contribution in [0.1, 0.15) is 51.7 Å². The summed E-state index contributed by atoms with van der Waals surface area (Å²) in [6.45, 7) is 1.09. The smallest absolute Gasteiger partial charge is 0.318 e. The minimum Gasteiger partial charge on any atom is -0.334 e. The van der Waals surface area contributed by atoms with Crippen LogP contribution in [0.5, 0.6) is 0 Å². The van der Waals surface area contributed by atoms with Crippen LogP contribution in [-0.4, -0.2) is 15.5 Å². The first-order chi connectivity index (χ1) is 16.7. The normalized spacial score (nSPS) is 16.9. The molecule has 1 N–H and O–H groups in total. The number of carbonyl (C=O) groups excluding carboxylic acids is 1.